The molecule has 0 unspecified atom stereocenters. The van der Waals surface area contributed by atoms with Gasteiger partial charge in [-0.25, -0.2) is 0 Å². The molecule has 0 atom stereocenters. The molecule has 0 N–H and O–H groups in total. The lowest BCUT2D eigenvalue weighted by Crippen LogP contribution is -1.93. The predicted octanol–water partition coefficient (Wildman–Crippen LogP) is 36.1. The van der Waals surface area contributed by atoms with Crippen molar-refractivity contribution in [3.05, 3.63) is 552 Å². The number of aromatic nitrogens is 4. The Morgan fingerprint density at radius 1 is 0.171 bits per heavy atom. The molecular weight excluding hydrogens is 1690 g/mol. The third kappa shape index (κ3) is 19.6. The van der Waals surface area contributed by atoms with Gasteiger partial charge in [0, 0.05) is 65.8 Å². The highest BCUT2D eigenvalue weighted by Gasteiger charge is 2.21. The van der Waals surface area contributed by atoms with Gasteiger partial charge in [0.05, 0.1) is 44.1 Å². The summed E-state index contributed by atoms with van der Waals surface area (Å²) in [5, 5.41) is 10.5. The summed E-state index contributed by atoms with van der Waals surface area (Å²) in [6.07, 6.45) is 10.7. The molecule has 0 saturated carbocycles. The van der Waals surface area contributed by atoms with E-state index in [0.717, 1.165) is 51.4 Å². The summed E-state index contributed by atoms with van der Waals surface area (Å²) in [4.78, 5) is 0. The standard InChI is InChI=1S/C35H31N.2C34H29N.C33H27N/c1-2-3-10-27-17-21-34-32(24-27)33-25-30(20-22-35(33)36(34)31-13-8-5-9-14-31)29-18-15-28(16-19-29)23-26-11-6-4-7-12-26;1-24(2)28-17-19-33-31(22-28)32-23-29(18-20-34(32)35(33)30-11-7-4-8-12-30)27-15-13-26(14-16-27)21-25-9-5-3-6-10-25;1-2-9-25-16-20-33-31(23-25)32-24-29(19-21-34(32)35(33)30-12-7-4-8-13-30)28-17-14-27(15-18-28)22-26-10-5-3-6-11-26;1-2-24-15-19-32-30(22-24)31-23-28(18-20-33(31)34(32)29-11-7-4-8-12-29)27-16-13-26(14-17-27)21-25-9-5-3-6-10-25/h4-9,11-22,24-25H,2-3,10,23H2,1H3;3-20,22-24H,21H2,1-2H3;3-8,10-21,23-24H,2,9,22H2,1H3;3-20,22-23H,2,21H2,1H3. The molecule has 20 aromatic carbocycles. The molecule has 24 aromatic rings. The molecule has 140 heavy (non-hydrogen) atoms. The zero-order chi connectivity index (χ0) is 94.6. The zero-order valence-electron chi connectivity index (χ0n) is 80.6. The smallest absolute Gasteiger partial charge is 0.0541 e. The van der Waals surface area contributed by atoms with E-state index in [4.69, 9.17) is 0 Å². The summed E-state index contributed by atoms with van der Waals surface area (Å²) < 4.78 is 9.58. The van der Waals surface area contributed by atoms with E-state index in [9.17, 15) is 0 Å². The van der Waals surface area contributed by atoms with Gasteiger partial charge >= 0.3 is 0 Å². The summed E-state index contributed by atoms with van der Waals surface area (Å²) in [5.41, 5.74) is 41.2. The van der Waals surface area contributed by atoms with Gasteiger partial charge < -0.3 is 18.3 Å². The van der Waals surface area contributed by atoms with E-state index in [1.165, 1.54) is 234 Å². The minimum Gasteiger partial charge on any atom is -0.309 e. The van der Waals surface area contributed by atoms with Gasteiger partial charge in [0.1, 0.15) is 0 Å². The first-order chi connectivity index (χ1) is 69.1. The topological polar surface area (TPSA) is 19.7 Å². The highest BCUT2D eigenvalue weighted by Crippen LogP contribution is 2.43. The van der Waals surface area contributed by atoms with E-state index in [-0.39, 0.29) is 0 Å². The number of fused-ring (bicyclic) bond motifs is 12. The predicted molar refractivity (Wildman–Crippen MR) is 598 cm³/mol. The number of unbranched alkanes of at least 4 members (excludes halogenated alkanes) is 1. The van der Waals surface area contributed by atoms with E-state index in [0.29, 0.717) is 5.92 Å². The molecule has 0 fully saturated rings. The summed E-state index contributed by atoms with van der Waals surface area (Å²) >= 11 is 0. The maximum Gasteiger partial charge on any atom is 0.0541 e. The van der Waals surface area contributed by atoms with Crippen molar-refractivity contribution in [2.45, 2.75) is 105 Å². The van der Waals surface area contributed by atoms with Gasteiger partial charge in [0.2, 0.25) is 0 Å². The van der Waals surface area contributed by atoms with Crippen molar-refractivity contribution in [3.63, 3.8) is 0 Å². The van der Waals surface area contributed by atoms with Gasteiger partial charge in [0.25, 0.3) is 0 Å². The molecule has 0 aliphatic rings. The molecule has 24 rings (SSSR count). The van der Waals surface area contributed by atoms with Crippen molar-refractivity contribution in [3.8, 4) is 67.3 Å². The van der Waals surface area contributed by atoms with E-state index < -0.39 is 0 Å². The number of benzene rings is 20. The van der Waals surface area contributed by atoms with Crippen LogP contribution in [-0.4, -0.2) is 18.3 Å². The molecule has 0 saturated heterocycles. The molecule has 0 radical (unpaired) electrons. The third-order valence-electron chi connectivity index (χ3n) is 27.9. The van der Waals surface area contributed by atoms with Gasteiger partial charge in [-0.15, -0.1) is 0 Å². The Hall–Kier alpha value is -16.4. The van der Waals surface area contributed by atoms with Crippen molar-refractivity contribution >= 4 is 87.2 Å². The second-order valence-electron chi connectivity index (χ2n) is 37.7. The van der Waals surface area contributed by atoms with Gasteiger partial charge in [0.15, 0.2) is 0 Å². The molecule has 4 heteroatoms. The fraction of sp³-hybridized carbons (Fsp3) is 0.118. The van der Waals surface area contributed by atoms with Crippen LogP contribution in [-0.2, 0) is 44.9 Å². The van der Waals surface area contributed by atoms with Crippen LogP contribution >= 0.6 is 0 Å². The van der Waals surface area contributed by atoms with Gasteiger partial charge in [-0.2, -0.15) is 0 Å². The Labute approximate surface area is 823 Å². The number of aryl methyl sites for hydroxylation is 3. The van der Waals surface area contributed by atoms with Crippen LogP contribution in [0.3, 0.4) is 0 Å². The Kier molecular flexibility index (Phi) is 26.8. The number of hydrogen-bond acceptors (Lipinski definition) is 0. The maximum atomic E-state index is 2.42. The molecule has 680 valence electrons. The normalized spacial score (nSPS) is 11.4. The molecule has 4 heterocycles. The molecule has 4 aromatic heterocycles. The Morgan fingerprint density at radius 2 is 0.379 bits per heavy atom. The molecule has 0 aliphatic heterocycles. The van der Waals surface area contributed by atoms with E-state index in [1.807, 2.05) is 0 Å². The third-order valence-corrected chi connectivity index (χ3v) is 27.9. The molecule has 0 spiro atoms. The first-order valence-corrected chi connectivity index (χ1v) is 50.1. The number of hydrogen-bond donors (Lipinski definition) is 0. The lowest BCUT2D eigenvalue weighted by atomic mass is 9.98. The second kappa shape index (κ2) is 41.7. The SMILES string of the molecule is CC(C)c1ccc2c(c1)c1cc(-c3ccc(Cc4ccccc4)cc3)ccc1n2-c1ccccc1.CCCCc1ccc2c(c1)c1cc(-c3ccc(Cc4ccccc4)cc3)ccc1n2-c1ccccc1.CCCc1ccc2c(c1)c1cc(-c3ccc(Cc4ccccc4)cc3)ccc1n2-c1ccccc1.CCc1ccc2c(c1)c1cc(-c3ccc(Cc4ccccc4)cc3)ccc1n2-c1ccccc1. The molecular formula is C136H116N4. The van der Waals surface area contributed by atoms with Crippen molar-refractivity contribution < 1.29 is 0 Å². The number of para-hydroxylation sites is 4. The summed E-state index contributed by atoms with van der Waals surface area (Å²) in [7, 11) is 0. The van der Waals surface area contributed by atoms with Crippen LogP contribution in [0.25, 0.3) is 154 Å². The van der Waals surface area contributed by atoms with Crippen LogP contribution in [0, 0.1) is 0 Å². The lowest BCUT2D eigenvalue weighted by Gasteiger charge is -2.09. The highest BCUT2D eigenvalue weighted by atomic mass is 15.0. The minimum absolute atomic E-state index is 0.495. The van der Waals surface area contributed by atoms with Gasteiger partial charge in [-0.3, -0.25) is 0 Å². The van der Waals surface area contributed by atoms with E-state index in [2.05, 4.69) is 538 Å². The van der Waals surface area contributed by atoms with E-state index in [1.54, 1.807) is 0 Å². The van der Waals surface area contributed by atoms with Crippen LogP contribution in [0.1, 0.15) is 127 Å². The van der Waals surface area contributed by atoms with Crippen molar-refractivity contribution in [2.24, 2.45) is 0 Å². The van der Waals surface area contributed by atoms with Crippen LogP contribution in [0.4, 0.5) is 0 Å². The molecule has 0 aliphatic carbocycles. The van der Waals surface area contributed by atoms with Crippen LogP contribution < -0.4 is 0 Å². The molecule has 0 amide bonds. The molecule has 4 nitrogen and oxygen atoms in total. The summed E-state index contributed by atoms with van der Waals surface area (Å²) in [5.74, 6) is 0.495. The Morgan fingerprint density at radius 3 is 0.636 bits per heavy atom. The zero-order valence-corrected chi connectivity index (χ0v) is 80.6. The quantitative estimate of drug-likeness (QED) is 0.0608. The van der Waals surface area contributed by atoms with Crippen LogP contribution in [0.5, 0.6) is 0 Å². The summed E-state index contributed by atoms with van der Waals surface area (Å²) in [6.45, 7) is 11.3. The first-order valence-electron chi connectivity index (χ1n) is 50.1. The lowest BCUT2D eigenvalue weighted by molar-refractivity contribution is 0.796. The highest BCUT2D eigenvalue weighted by molar-refractivity contribution is 6.14. The maximum absolute atomic E-state index is 2.42. The second-order valence-corrected chi connectivity index (χ2v) is 37.7. The minimum atomic E-state index is 0.495. The Balaban J connectivity index is 0.000000111. The van der Waals surface area contributed by atoms with Crippen molar-refractivity contribution in [1.82, 2.24) is 18.3 Å². The first kappa shape index (κ1) is 90.1. The molecule has 0 bridgehead atoms. The number of nitrogens with zero attached hydrogens (tertiary/aromatic N) is 4. The largest absolute Gasteiger partial charge is 0.309 e. The fourth-order valence-corrected chi connectivity index (χ4v) is 20.5. The fourth-order valence-electron chi connectivity index (χ4n) is 20.5. The van der Waals surface area contributed by atoms with Crippen LogP contribution in [0.2, 0.25) is 0 Å². The average Bonchev–Trinajstić information content (AvgIpc) is 1.53. The van der Waals surface area contributed by atoms with Crippen LogP contribution in [0.15, 0.2) is 485 Å². The number of rotatable bonds is 23. The summed E-state index contributed by atoms with van der Waals surface area (Å²) in [6, 6.07) is 177. The monoisotopic (exact) mass is 1800 g/mol. The Bertz CT molecular complexity index is 8370. The van der Waals surface area contributed by atoms with Gasteiger partial charge in [-0.1, -0.05) is 387 Å². The van der Waals surface area contributed by atoms with Gasteiger partial charge in [-0.05, 0) is 314 Å². The van der Waals surface area contributed by atoms with E-state index >= 15 is 0 Å². The van der Waals surface area contributed by atoms with Crippen molar-refractivity contribution in [2.75, 3.05) is 0 Å². The van der Waals surface area contributed by atoms with Crippen molar-refractivity contribution in [1.29, 1.82) is 0 Å². The average molecular weight is 1810 g/mol.